The number of rotatable bonds is 7. The molecule has 1 aliphatic carbocycles. The maximum atomic E-state index is 11.6. The van der Waals surface area contributed by atoms with Gasteiger partial charge in [0.1, 0.15) is 0 Å². The van der Waals surface area contributed by atoms with Gasteiger partial charge in [-0.1, -0.05) is 0 Å². The normalized spacial score (nSPS) is 25.1. The summed E-state index contributed by atoms with van der Waals surface area (Å²) in [5, 5.41) is 11.9. The van der Waals surface area contributed by atoms with Crippen LogP contribution in [0.4, 0.5) is 0 Å². The highest BCUT2D eigenvalue weighted by Crippen LogP contribution is 2.22. The number of likely N-dealkylation sites (tertiary alicyclic amines) is 1. The van der Waals surface area contributed by atoms with E-state index in [1.807, 2.05) is 0 Å². The zero-order chi connectivity index (χ0) is 12.1. The number of nitrogens with one attached hydrogen (secondary N) is 1. The Kier molecular flexibility index (Phi) is 4.80. The van der Waals surface area contributed by atoms with Crippen LogP contribution >= 0.6 is 0 Å². The molecular weight excluding hydrogens is 216 g/mol. The van der Waals surface area contributed by atoms with Gasteiger partial charge in [0.2, 0.25) is 5.91 Å². The van der Waals surface area contributed by atoms with Crippen molar-refractivity contribution in [2.24, 2.45) is 0 Å². The molecule has 1 aliphatic heterocycles. The minimum atomic E-state index is 0.209. The fourth-order valence-corrected chi connectivity index (χ4v) is 2.62. The Balaban J connectivity index is 1.64. The van der Waals surface area contributed by atoms with Crippen LogP contribution in [0.25, 0.3) is 0 Å². The van der Waals surface area contributed by atoms with Gasteiger partial charge in [0, 0.05) is 31.7 Å². The van der Waals surface area contributed by atoms with E-state index < -0.39 is 0 Å². The predicted octanol–water partition coefficient (Wildman–Crippen LogP) is 0.892. The van der Waals surface area contributed by atoms with Crippen LogP contribution in [0.1, 0.15) is 44.9 Å². The van der Waals surface area contributed by atoms with E-state index in [1.54, 1.807) is 0 Å². The summed E-state index contributed by atoms with van der Waals surface area (Å²) in [6.45, 7) is 2.29. The summed E-state index contributed by atoms with van der Waals surface area (Å²) >= 11 is 0. The van der Waals surface area contributed by atoms with Crippen LogP contribution in [0.2, 0.25) is 0 Å². The topological polar surface area (TPSA) is 52.6 Å². The van der Waals surface area contributed by atoms with Crippen molar-refractivity contribution in [2.75, 3.05) is 19.7 Å². The number of aliphatic hydroxyl groups is 1. The summed E-state index contributed by atoms with van der Waals surface area (Å²) in [7, 11) is 0. The van der Waals surface area contributed by atoms with Crippen LogP contribution in [0.5, 0.6) is 0 Å². The van der Waals surface area contributed by atoms with Gasteiger partial charge in [-0.2, -0.15) is 0 Å². The van der Waals surface area contributed by atoms with E-state index in [9.17, 15) is 4.79 Å². The third-order valence-corrected chi connectivity index (χ3v) is 3.76. The molecule has 2 aliphatic rings. The first kappa shape index (κ1) is 12.8. The smallest absolute Gasteiger partial charge is 0.221 e. The molecule has 17 heavy (non-hydrogen) atoms. The summed E-state index contributed by atoms with van der Waals surface area (Å²) < 4.78 is 0. The Bertz CT molecular complexity index is 254. The number of nitrogens with zero attached hydrogens (tertiary/aromatic N) is 1. The quantitative estimate of drug-likeness (QED) is 0.695. The molecule has 0 spiro atoms. The van der Waals surface area contributed by atoms with Crippen molar-refractivity contribution >= 4 is 5.91 Å². The molecule has 1 amide bonds. The highest BCUT2D eigenvalue weighted by atomic mass is 16.2. The van der Waals surface area contributed by atoms with Gasteiger partial charge < -0.3 is 10.4 Å². The molecule has 1 heterocycles. The second-order valence-corrected chi connectivity index (χ2v) is 5.29. The van der Waals surface area contributed by atoms with E-state index in [-0.39, 0.29) is 12.5 Å². The molecule has 0 radical (unpaired) electrons. The lowest BCUT2D eigenvalue weighted by Crippen LogP contribution is -2.34. The van der Waals surface area contributed by atoms with Crippen LogP contribution in [0, 0.1) is 0 Å². The largest absolute Gasteiger partial charge is 0.396 e. The molecule has 1 unspecified atom stereocenters. The molecule has 0 aromatic carbocycles. The van der Waals surface area contributed by atoms with Crippen molar-refractivity contribution in [3.05, 3.63) is 0 Å². The fraction of sp³-hybridized carbons (Fsp3) is 0.923. The molecule has 0 aromatic rings. The minimum Gasteiger partial charge on any atom is -0.396 e. The number of hydrogen-bond acceptors (Lipinski definition) is 3. The standard InChI is InChI=1S/C13H24N2O2/c16-10-2-4-12-3-1-8-15(12)9-7-13(17)14-11-5-6-11/h11-12,16H,1-10H2,(H,14,17). The number of carbonyl (C=O) groups excluding carboxylic acids is 1. The Morgan fingerprint density at radius 2 is 2.18 bits per heavy atom. The Hall–Kier alpha value is -0.610. The number of hydrogen-bond donors (Lipinski definition) is 2. The molecule has 4 nitrogen and oxygen atoms in total. The molecule has 0 bridgehead atoms. The van der Waals surface area contributed by atoms with Crippen molar-refractivity contribution in [2.45, 2.75) is 57.0 Å². The zero-order valence-electron chi connectivity index (χ0n) is 10.5. The van der Waals surface area contributed by atoms with Gasteiger partial charge in [0.05, 0.1) is 0 Å². The average molecular weight is 240 g/mol. The lowest BCUT2D eigenvalue weighted by atomic mass is 10.1. The molecule has 2 N–H and O–H groups in total. The van der Waals surface area contributed by atoms with Gasteiger partial charge in [-0.3, -0.25) is 9.69 Å². The van der Waals surface area contributed by atoms with Crippen molar-refractivity contribution in [1.29, 1.82) is 0 Å². The SMILES string of the molecule is O=C(CCN1CCCC1CCCO)NC1CC1. The third kappa shape index (κ3) is 4.28. The van der Waals surface area contributed by atoms with Gasteiger partial charge >= 0.3 is 0 Å². The van der Waals surface area contributed by atoms with Gasteiger partial charge in [0.25, 0.3) is 0 Å². The van der Waals surface area contributed by atoms with E-state index in [1.165, 1.54) is 12.8 Å². The maximum Gasteiger partial charge on any atom is 0.221 e. The third-order valence-electron chi connectivity index (χ3n) is 3.76. The van der Waals surface area contributed by atoms with Crippen LogP contribution in [-0.4, -0.2) is 47.7 Å². The first-order chi connectivity index (χ1) is 8.29. The van der Waals surface area contributed by atoms with Crippen LogP contribution in [0.15, 0.2) is 0 Å². The van der Waals surface area contributed by atoms with E-state index in [0.29, 0.717) is 18.5 Å². The van der Waals surface area contributed by atoms with Gasteiger partial charge in [-0.05, 0) is 45.1 Å². The Labute approximate surface area is 103 Å². The van der Waals surface area contributed by atoms with Crippen molar-refractivity contribution < 1.29 is 9.90 Å². The average Bonchev–Trinajstić information content (AvgIpc) is 3.01. The van der Waals surface area contributed by atoms with E-state index in [2.05, 4.69) is 10.2 Å². The number of amides is 1. The van der Waals surface area contributed by atoms with E-state index >= 15 is 0 Å². The van der Waals surface area contributed by atoms with E-state index in [4.69, 9.17) is 5.11 Å². The lowest BCUT2D eigenvalue weighted by molar-refractivity contribution is -0.121. The second kappa shape index (κ2) is 6.36. The summed E-state index contributed by atoms with van der Waals surface area (Å²) in [4.78, 5) is 14.0. The minimum absolute atomic E-state index is 0.209. The number of carbonyl (C=O) groups is 1. The van der Waals surface area contributed by atoms with Crippen molar-refractivity contribution in [1.82, 2.24) is 10.2 Å². The Morgan fingerprint density at radius 3 is 2.88 bits per heavy atom. The van der Waals surface area contributed by atoms with E-state index in [0.717, 1.165) is 38.8 Å². The summed E-state index contributed by atoms with van der Waals surface area (Å²) in [5.74, 6) is 0.209. The van der Waals surface area contributed by atoms with Crippen molar-refractivity contribution in [3.63, 3.8) is 0 Å². The summed E-state index contributed by atoms with van der Waals surface area (Å²) in [6, 6.07) is 1.07. The van der Waals surface area contributed by atoms with Crippen molar-refractivity contribution in [3.8, 4) is 0 Å². The molecule has 1 atom stereocenters. The molecule has 2 fully saturated rings. The summed E-state index contributed by atoms with van der Waals surface area (Å²) in [6.07, 6.45) is 7.37. The van der Waals surface area contributed by atoms with Gasteiger partial charge in [-0.15, -0.1) is 0 Å². The molecule has 98 valence electrons. The molecule has 1 saturated heterocycles. The predicted molar refractivity (Wildman–Crippen MR) is 66.7 cm³/mol. The molecule has 0 aromatic heterocycles. The highest BCUT2D eigenvalue weighted by molar-refractivity contribution is 5.76. The summed E-state index contributed by atoms with van der Waals surface area (Å²) in [5.41, 5.74) is 0. The first-order valence-corrected chi connectivity index (χ1v) is 6.94. The molecule has 1 saturated carbocycles. The highest BCUT2D eigenvalue weighted by Gasteiger charge is 2.26. The maximum absolute atomic E-state index is 11.6. The fourth-order valence-electron chi connectivity index (χ4n) is 2.62. The molecule has 2 rings (SSSR count). The zero-order valence-corrected chi connectivity index (χ0v) is 10.5. The van der Waals surface area contributed by atoms with Gasteiger partial charge in [0.15, 0.2) is 0 Å². The first-order valence-electron chi connectivity index (χ1n) is 6.94. The van der Waals surface area contributed by atoms with Crippen LogP contribution in [0.3, 0.4) is 0 Å². The van der Waals surface area contributed by atoms with Gasteiger partial charge in [-0.25, -0.2) is 0 Å². The van der Waals surface area contributed by atoms with Crippen LogP contribution in [-0.2, 0) is 4.79 Å². The molecule has 4 heteroatoms. The Morgan fingerprint density at radius 1 is 1.35 bits per heavy atom. The lowest BCUT2D eigenvalue weighted by Gasteiger charge is -2.23. The second-order valence-electron chi connectivity index (χ2n) is 5.29. The molecular formula is C13H24N2O2. The monoisotopic (exact) mass is 240 g/mol. The van der Waals surface area contributed by atoms with Crippen LogP contribution < -0.4 is 5.32 Å². The number of aliphatic hydroxyl groups excluding tert-OH is 1.